The summed E-state index contributed by atoms with van der Waals surface area (Å²) in [5.74, 6) is 2.57. The van der Waals surface area contributed by atoms with E-state index in [2.05, 4.69) is 63.4 Å². The molecular formula is C16H21BrN4. The van der Waals surface area contributed by atoms with Crippen LogP contribution in [-0.4, -0.2) is 16.5 Å². The van der Waals surface area contributed by atoms with Gasteiger partial charge in [-0.25, -0.2) is 9.97 Å². The predicted molar refractivity (Wildman–Crippen MR) is 92.4 cm³/mol. The van der Waals surface area contributed by atoms with Crippen LogP contribution in [0.25, 0.3) is 0 Å². The van der Waals surface area contributed by atoms with E-state index in [0.29, 0.717) is 0 Å². The van der Waals surface area contributed by atoms with Crippen molar-refractivity contribution in [2.24, 2.45) is 0 Å². The van der Waals surface area contributed by atoms with Gasteiger partial charge in [0.15, 0.2) is 0 Å². The van der Waals surface area contributed by atoms with Gasteiger partial charge in [-0.1, -0.05) is 22.9 Å². The molecule has 0 fully saturated rings. The molecule has 0 radical (unpaired) electrons. The van der Waals surface area contributed by atoms with Crippen molar-refractivity contribution in [3.63, 3.8) is 0 Å². The number of nitrogens with zero attached hydrogens (tertiary/aromatic N) is 2. The van der Waals surface area contributed by atoms with Gasteiger partial charge in [0, 0.05) is 29.2 Å². The molecule has 0 aliphatic carbocycles. The minimum Gasteiger partial charge on any atom is -0.370 e. The van der Waals surface area contributed by atoms with E-state index in [9.17, 15) is 0 Å². The zero-order valence-corrected chi connectivity index (χ0v) is 14.3. The minimum atomic E-state index is 0.829. The summed E-state index contributed by atoms with van der Waals surface area (Å²) in [6, 6.07) is 8.11. The molecule has 0 saturated heterocycles. The topological polar surface area (TPSA) is 49.8 Å². The zero-order chi connectivity index (χ0) is 15.2. The maximum absolute atomic E-state index is 4.59. The van der Waals surface area contributed by atoms with E-state index >= 15 is 0 Å². The molecule has 21 heavy (non-hydrogen) atoms. The van der Waals surface area contributed by atoms with Crippen LogP contribution < -0.4 is 10.6 Å². The van der Waals surface area contributed by atoms with E-state index in [-0.39, 0.29) is 0 Å². The Hall–Kier alpha value is -1.62. The third kappa shape index (κ3) is 4.43. The fraction of sp³-hybridized carbons (Fsp3) is 0.375. The summed E-state index contributed by atoms with van der Waals surface area (Å²) in [5.41, 5.74) is 2.23. The SMILES string of the molecule is CCCc1nc(NCC)cc(Nc2ccc(Br)cc2C)n1. The molecule has 112 valence electrons. The van der Waals surface area contributed by atoms with Gasteiger partial charge in [0.1, 0.15) is 17.5 Å². The largest absolute Gasteiger partial charge is 0.370 e. The van der Waals surface area contributed by atoms with Gasteiger partial charge in [0.25, 0.3) is 0 Å². The van der Waals surface area contributed by atoms with E-state index in [1.165, 1.54) is 5.56 Å². The van der Waals surface area contributed by atoms with Crippen molar-refractivity contribution in [3.8, 4) is 0 Å². The molecule has 1 aromatic carbocycles. The molecule has 1 aromatic heterocycles. The highest BCUT2D eigenvalue weighted by Gasteiger charge is 2.06. The van der Waals surface area contributed by atoms with Crippen LogP contribution >= 0.6 is 15.9 Å². The Labute approximate surface area is 134 Å². The lowest BCUT2D eigenvalue weighted by atomic mass is 10.2. The standard InChI is InChI=1S/C16H21BrN4/c1-4-6-14-20-15(18-5-2)10-16(21-14)19-13-8-7-12(17)9-11(13)3/h7-10H,4-6H2,1-3H3,(H2,18,19,20,21). The molecule has 2 rings (SSSR count). The monoisotopic (exact) mass is 348 g/mol. The molecule has 5 heteroatoms. The molecule has 2 N–H and O–H groups in total. The third-order valence-electron chi connectivity index (χ3n) is 3.06. The van der Waals surface area contributed by atoms with Crippen LogP contribution in [0, 0.1) is 6.92 Å². The summed E-state index contributed by atoms with van der Waals surface area (Å²) >= 11 is 3.48. The summed E-state index contributed by atoms with van der Waals surface area (Å²) in [6.07, 6.45) is 1.92. The van der Waals surface area contributed by atoms with Crippen molar-refractivity contribution in [2.75, 3.05) is 17.2 Å². The summed E-state index contributed by atoms with van der Waals surface area (Å²) in [6.45, 7) is 7.12. The summed E-state index contributed by atoms with van der Waals surface area (Å²) in [5, 5.41) is 6.64. The van der Waals surface area contributed by atoms with E-state index in [1.54, 1.807) is 0 Å². The van der Waals surface area contributed by atoms with Gasteiger partial charge in [0.2, 0.25) is 0 Å². The van der Waals surface area contributed by atoms with Crippen molar-refractivity contribution in [2.45, 2.75) is 33.6 Å². The number of hydrogen-bond acceptors (Lipinski definition) is 4. The van der Waals surface area contributed by atoms with Crippen molar-refractivity contribution >= 4 is 33.3 Å². The molecule has 0 aliphatic heterocycles. The highest BCUT2D eigenvalue weighted by Crippen LogP contribution is 2.24. The Bertz CT molecular complexity index is 589. The first-order chi connectivity index (χ1) is 10.1. The highest BCUT2D eigenvalue weighted by atomic mass is 79.9. The Kier molecular flexibility index (Phi) is 5.56. The Balaban J connectivity index is 2.29. The van der Waals surface area contributed by atoms with E-state index in [1.807, 2.05) is 18.2 Å². The second-order valence-corrected chi connectivity index (χ2v) is 5.83. The average Bonchev–Trinajstić information content (AvgIpc) is 2.42. The third-order valence-corrected chi connectivity index (χ3v) is 3.55. The normalized spacial score (nSPS) is 10.5. The van der Waals surface area contributed by atoms with Crippen LogP contribution in [0.1, 0.15) is 31.7 Å². The van der Waals surface area contributed by atoms with Gasteiger partial charge in [-0.05, 0) is 44.0 Å². The Morgan fingerprint density at radius 3 is 2.52 bits per heavy atom. The minimum absolute atomic E-state index is 0.829. The Morgan fingerprint density at radius 1 is 1.10 bits per heavy atom. The van der Waals surface area contributed by atoms with Crippen LogP contribution in [0.3, 0.4) is 0 Å². The van der Waals surface area contributed by atoms with Gasteiger partial charge in [0.05, 0.1) is 0 Å². The lowest BCUT2D eigenvalue weighted by Gasteiger charge is -2.12. The van der Waals surface area contributed by atoms with Gasteiger partial charge in [-0.2, -0.15) is 0 Å². The second kappa shape index (κ2) is 7.41. The van der Waals surface area contributed by atoms with Crippen LogP contribution in [0.2, 0.25) is 0 Å². The van der Waals surface area contributed by atoms with Gasteiger partial charge in [-0.15, -0.1) is 0 Å². The summed E-state index contributed by atoms with van der Waals surface area (Å²) < 4.78 is 1.08. The quantitative estimate of drug-likeness (QED) is 0.795. The number of aryl methyl sites for hydroxylation is 2. The van der Waals surface area contributed by atoms with Crippen LogP contribution in [0.15, 0.2) is 28.7 Å². The number of benzene rings is 1. The van der Waals surface area contributed by atoms with Crippen molar-refractivity contribution in [1.82, 2.24) is 9.97 Å². The molecule has 0 spiro atoms. The fourth-order valence-electron chi connectivity index (χ4n) is 2.07. The van der Waals surface area contributed by atoms with E-state index in [4.69, 9.17) is 0 Å². The molecule has 0 bridgehead atoms. The zero-order valence-electron chi connectivity index (χ0n) is 12.7. The average molecular weight is 349 g/mol. The lowest BCUT2D eigenvalue weighted by Crippen LogP contribution is -2.06. The number of rotatable bonds is 6. The summed E-state index contributed by atoms with van der Waals surface area (Å²) in [4.78, 5) is 9.11. The molecule has 1 heterocycles. The maximum Gasteiger partial charge on any atom is 0.136 e. The van der Waals surface area contributed by atoms with Crippen LogP contribution in [0.5, 0.6) is 0 Å². The van der Waals surface area contributed by atoms with Crippen LogP contribution in [0.4, 0.5) is 17.3 Å². The first kappa shape index (κ1) is 15.8. The number of anilines is 3. The van der Waals surface area contributed by atoms with E-state index in [0.717, 1.165) is 47.0 Å². The van der Waals surface area contributed by atoms with Gasteiger partial charge < -0.3 is 10.6 Å². The first-order valence-corrected chi connectivity index (χ1v) is 8.06. The van der Waals surface area contributed by atoms with Crippen molar-refractivity contribution in [1.29, 1.82) is 0 Å². The van der Waals surface area contributed by atoms with Crippen LogP contribution in [-0.2, 0) is 6.42 Å². The number of nitrogens with one attached hydrogen (secondary N) is 2. The van der Waals surface area contributed by atoms with Gasteiger partial charge in [-0.3, -0.25) is 0 Å². The number of hydrogen-bond donors (Lipinski definition) is 2. The van der Waals surface area contributed by atoms with Crippen molar-refractivity contribution in [3.05, 3.63) is 40.1 Å². The molecule has 4 nitrogen and oxygen atoms in total. The predicted octanol–water partition coefficient (Wildman–Crippen LogP) is 4.68. The molecule has 0 aliphatic rings. The molecule has 0 amide bonds. The first-order valence-electron chi connectivity index (χ1n) is 7.27. The highest BCUT2D eigenvalue weighted by molar-refractivity contribution is 9.10. The molecule has 2 aromatic rings. The fourth-order valence-corrected chi connectivity index (χ4v) is 2.55. The molecule has 0 atom stereocenters. The smallest absolute Gasteiger partial charge is 0.136 e. The number of aromatic nitrogens is 2. The maximum atomic E-state index is 4.59. The van der Waals surface area contributed by atoms with Gasteiger partial charge >= 0.3 is 0 Å². The second-order valence-electron chi connectivity index (χ2n) is 4.92. The summed E-state index contributed by atoms with van der Waals surface area (Å²) in [7, 11) is 0. The lowest BCUT2D eigenvalue weighted by molar-refractivity contribution is 0.836. The molecule has 0 saturated carbocycles. The molecule has 0 unspecified atom stereocenters. The Morgan fingerprint density at radius 2 is 1.86 bits per heavy atom. The van der Waals surface area contributed by atoms with E-state index < -0.39 is 0 Å². The number of halogens is 1. The van der Waals surface area contributed by atoms with Crippen molar-refractivity contribution < 1.29 is 0 Å². The molecular weight excluding hydrogens is 328 g/mol.